The Morgan fingerprint density at radius 3 is 2.58 bits per heavy atom. The van der Waals surface area contributed by atoms with Gasteiger partial charge in [-0.25, -0.2) is 14.3 Å². The molecule has 0 fully saturated rings. The number of nitrogens with zero attached hydrogens (tertiary/aromatic N) is 3. The first-order valence-corrected chi connectivity index (χ1v) is 6.46. The summed E-state index contributed by atoms with van der Waals surface area (Å²) in [6.07, 6.45) is 1.80. The maximum Gasteiger partial charge on any atom is 0.354 e. The molecule has 5 heteroatoms. The van der Waals surface area contributed by atoms with E-state index in [2.05, 4.69) is 17.0 Å². The van der Waals surface area contributed by atoms with Gasteiger partial charge in [-0.1, -0.05) is 34.1 Å². The lowest BCUT2D eigenvalue weighted by Crippen LogP contribution is -2.17. The van der Waals surface area contributed by atoms with Crippen molar-refractivity contribution in [1.82, 2.24) is 14.6 Å². The molecule has 0 atom stereocenters. The van der Waals surface area contributed by atoms with Crippen molar-refractivity contribution in [3.63, 3.8) is 0 Å². The SMILES string of the molecule is CCCc1cc2nc(C(C)(C)C)cc(C(=O)O)n2n1. The fraction of sp³-hybridized carbons (Fsp3) is 0.500. The molecule has 0 aliphatic carbocycles. The Bertz CT molecular complexity index is 623. The molecular formula is C14H19N3O2. The monoisotopic (exact) mass is 261 g/mol. The lowest BCUT2D eigenvalue weighted by molar-refractivity contribution is 0.0687. The van der Waals surface area contributed by atoms with Crippen molar-refractivity contribution in [1.29, 1.82) is 0 Å². The van der Waals surface area contributed by atoms with Gasteiger partial charge in [0.2, 0.25) is 0 Å². The quantitative estimate of drug-likeness (QED) is 0.922. The van der Waals surface area contributed by atoms with E-state index in [0.29, 0.717) is 5.65 Å². The lowest BCUT2D eigenvalue weighted by Gasteiger charge is -2.18. The van der Waals surface area contributed by atoms with Gasteiger partial charge in [-0.2, -0.15) is 5.10 Å². The van der Waals surface area contributed by atoms with Crippen LogP contribution in [-0.2, 0) is 11.8 Å². The topological polar surface area (TPSA) is 67.5 Å². The smallest absolute Gasteiger partial charge is 0.354 e. The number of fused-ring (bicyclic) bond motifs is 1. The Balaban J connectivity index is 2.69. The number of aromatic nitrogens is 3. The van der Waals surface area contributed by atoms with Gasteiger partial charge >= 0.3 is 5.97 Å². The molecule has 2 heterocycles. The van der Waals surface area contributed by atoms with Crippen LogP contribution in [0.4, 0.5) is 0 Å². The summed E-state index contributed by atoms with van der Waals surface area (Å²) >= 11 is 0. The van der Waals surface area contributed by atoms with Crippen LogP contribution in [0.2, 0.25) is 0 Å². The van der Waals surface area contributed by atoms with Crippen LogP contribution in [0.1, 0.15) is 56.0 Å². The normalized spacial score (nSPS) is 12.0. The summed E-state index contributed by atoms with van der Waals surface area (Å²) < 4.78 is 1.42. The van der Waals surface area contributed by atoms with Crippen molar-refractivity contribution in [2.75, 3.05) is 0 Å². The molecule has 0 spiro atoms. The molecule has 2 aromatic rings. The van der Waals surface area contributed by atoms with Crippen molar-refractivity contribution >= 4 is 11.6 Å². The van der Waals surface area contributed by atoms with Crippen LogP contribution >= 0.6 is 0 Å². The van der Waals surface area contributed by atoms with E-state index in [1.807, 2.05) is 26.8 Å². The average molecular weight is 261 g/mol. The van der Waals surface area contributed by atoms with Crippen LogP contribution < -0.4 is 0 Å². The van der Waals surface area contributed by atoms with Crippen molar-refractivity contribution in [2.24, 2.45) is 0 Å². The molecular weight excluding hydrogens is 242 g/mol. The average Bonchev–Trinajstić information content (AvgIpc) is 2.68. The van der Waals surface area contributed by atoms with Crippen molar-refractivity contribution in [3.8, 4) is 0 Å². The van der Waals surface area contributed by atoms with E-state index < -0.39 is 5.97 Å². The summed E-state index contributed by atoms with van der Waals surface area (Å²) in [6.45, 7) is 8.11. The highest BCUT2D eigenvalue weighted by atomic mass is 16.4. The molecule has 0 saturated heterocycles. The van der Waals surface area contributed by atoms with Crippen molar-refractivity contribution in [3.05, 3.63) is 29.2 Å². The molecule has 102 valence electrons. The fourth-order valence-electron chi connectivity index (χ4n) is 1.94. The number of carboxylic acids is 1. The summed E-state index contributed by atoms with van der Waals surface area (Å²) in [5.41, 5.74) is 2.22. The zero-order valence-electron chi connectivity index (χ0n) is 11.8. The first-order valence-electron chi connectivity index (χ1n) is 6.46. The van der Waals surface area contributed by atoms with Gasteiger partial charge in [-0.05, 0) is 12.5 Å². The molecule has 0 amide bonds. The van der Waals surface area contributed by atoms with Crippen LogP contribution in [-0.4, -0.2) is 25.7 Å². The minimum absolute atomic E-state index is 0.164. The molecule has 2 rings (SSSR count). The highest BCUT2D eigenvalue weighted by molar-refractivity contribution is 5.86. The molecule has 0 aliphatic heterocycles. The van der Waals surface area contributed by atoms with Gasteiger partial charge in [0.25, 0.3) is 0 Å². The third kappa shape index (κ3) is 2.59. The minimum Gasteiger partial charge on any atom is -0.477 e. The van der Waals surface area contributed by atoms with Crippen molar-refractivity contribution in [2.45, 2.75) is 46.0 Å². The number of carbonyl (C=O) groups is 1. The van der Waals surface area contributed by atoms with Gasteiger partial charge in [0.1, 0.15) is 0 Å². The number of rotatable bonds is 3. The van der Waals surface area contributed by atoms with E-state index in [4.69, 9.17) is 0 Å². The number of aryl methyl sites for hydroxylation is 1. The molecule has 1 N–H and O–H groups in total. The third-order valence-corrected chi connectivity index (χ3v) is 2.97. The highest BCUT2D eigenvalue weighted by Gasteiger charge is 2.21. The molecule has 0 aliphatic rings. The first-order chi connectivity index (χ1) is 8.82. The molecule has 19 heavy (non-hydrogen) atoms. The van der Waals surface area contributed by atoms with Crippen LogP contribution in [0, 0.1) is 0 Å². The van der Waals surface area contributed by atoms with Gasteiger partial charge < -0.3 is 5.11 Å². The second-order valence-corrected chi connectivity index (χ2v) is 5.74. The van der Waals surface area contributed by atoms with Gasteiger partial charge in [-0.3, -0.25) is 0 Å². The molecule has 2 aromatic heterocycles. The molecule has 0 radical (unpaired) electrons. The Morgan fingerprint density at radius 1 is 1.37 bits per heavy atom. The van der Waals surface area contributed by atoms with Gasteiger partial charge in [0, 0.05) is 11.5 Å². The van der Waals surface area contributed by atoms with E-state index in [1.165, 1.54) is 4.52 Å². The van der Waals surface area contributed by atoms with Crippen LogP contribution in [0.25, 0.3) is 5.65 Å². The van der Waals surface area contributed by atoms with Gasteiger partial charge in [0.15, 0.2) is 11.3 Å². The Kier molecular flexibility index (Phi) is 3.30. The Hall–Kier alpha value is -1.91. The number of hydrogen-bond donors (Lipinski definition) is 1. The maximum atomic E-state index is 11.4. The van der Waals surface area contributed by atoms with Crippen molar-refractivity contribution < 1.29 is 9.90 Å². The number of hydrogen-bond acceptors (Lipinski definition) is 3. The molecule has 5 nitrogen and oxygen atoms in total. The second kappa shape index (κ2) is 4.64. The first kappa shape index (κ1) is 13.5. The standard InChI is InChI=1S/C14H19N3O2/c1-5-6-9-7-12-15-11(14(2,3)4)8-10(13(18)19)17(12)16-9/h7-8H,5-6H2,1-4H3,(H,18,19). The van der Waals surface area contributed by atoms with Gasteiger partial charge in [-0.15, -0.1) is 0 Å². The van der Waals surface area contributed by atoms with E-state index >= 15 is 0 Å². The van der Waals surface area contributed by atoms with E-state index in [9.17, 15) is 9.90 Å². The van der Waals surface area contributed by atoms with Gasteiger partial charge in [0.05, 0.1) is 11.4 Å². The zero-order chi connectivity index (χ0) is 14.2. The minimum atomic E-state index is -0.982. The molecule has 0 aromatic carbocycles. The molecule has 0 bridgehead atoms. The zero-order valence-corrected chi connectivity index (χ0v) is 11.8. The summed E-state index contributed by atoms with van der Waals surface area (Å²) in [5, 5.41) is 13.6. The summed E-state index contributed by atoms with van der Waals surface area (Å²) in [6, 6.07) is 3.48. The summed E-state index contributed by atoms with van der Waals surface area (Å²) in [4.78, 5) is 15.9. The fourth-order valence-corrected chi connectivity index (χ4v) is 1.94. The van der Waals surface area contributed by atoms with Crippen LogP contribution in [0.3, 0.4) is 0 Å². The van der Waals surface area contributed by atoms with E-state index in [-0.39, 0.29) is 11.1 Å². The Morgan fingerprint density at radius 2 is 2.05 bits per heavy atom. The van der Waals surface area contributed by atoms with Crippen LogP contribution in [0.15, 0.2) is 12.1 Å². The third-order valence-electron chi connectivity index (χ3n) is 2.97. The molecule has 0 unspecified atom stereocenters. The highest BCUT2D eigenvalue weighted by Crippen LogP contribution is 2.22. The largest absolute Gasteiger partial charge is 0.477 e. The molecule has 0 saturated carbocycles. The summed E-state index contributed by atoms with van der Waals surface area (Å²) in [7, 11) is 0. The number of aromatic carboxylic acids is 1. The van der Waals surface area contributed by atoms with E-state index in [1.54, 1.807) is 6.07 Å². The number of carboxylic acid groups (broad SMARTS) is 1. The van der Waals surface area contributed by atoms with E-state index in [0.717, 1.165) is 24.2 Å². The second-order valence-electron chi connectivity index (χ2n) is 5.74. The lowest BCUT2D eigenvalue weighted by atomic mass is 9.91. The predicted octanol–water partition coefficient (Wildman–Crippen LogP) is 2.68. The maximum absolute atomic E-state index is 11.4. The summed E-state index contributed by atoms with van der Waals surface area (Å²) in [5.74, 6) is -0.982. The van der Waals surface area contributed by atoms with Crippen LogP contribution in [0.5, 0.6) is 0 Å². The Labute approximate surface area is 112 Å². The predicted molar refractivity (Wildman–Crippen MR) is 72.6 cm³/mol.